The Labute approximate surface area is 309 Å². The molecule has 2 aromatic heterocycles. The third-order valence-electron chi connectivity index (χ3n) is 6.75. The first kappa shape index (κ1) is 11.1. The molecule has 9 aromatic rings. The van der Waals surface area contributed by atoms with E-state index >= 15 is 0 Å². The molecule has 0 fully saturated rings. The number of para-hydroxylation sites is 1. The van der Waals surface area contributed by atoms with E-state index in [4.69, 9.17) is 34.6 Å². The zero-order valence-corrected chi connectivity index (χ0v) is 23.2. The second-order valence-electron chi connectivity index (χ2n) is 9.57. The van der Waals surface area contributed by atoms with Crippen LogP contribution in [0.4, 0.5) is 0 Å². The number of furan rings is 1. The summed E-state index contributed by atoms with van der Waals surface area (Å²) in [6, 6.07) is -24.4. The standard InChI is InChI=1S/C43H27N3O/c1-3-11-28(12-4-1)30-19-22-32(23-20-30)42-44-41(31-14-5-2-6-15-31)45-43(46-42)37-26-35(34-24-21-29-13-7-8-16-33(29)25-34)27-39-40(37)36-17-9-10-18-38(36)47-39/h1-27H/i1D,2D,3D,4D,5D,6D,7D,8D,9D,10D,11D,12D,13D,14D,15D,16D,17D,18D,19D,20D,21D,22D,23D,24D,25D,26D,27D. The highest BCUT2D eigenvalue weighted by Gasteiger charge is 2.20. The zero-order chi connectivity index (χ0) is 54.7. The van der Waals surface area contributed by atoms with Crippen molar-refractivity contribution in [1.29, 1.82) is 0 Å². The molecule has 7 aromatic carbocycles. The fourth-order valence-corrected chi connectivity index (χ4v) is 4.68. The smallest absolute Gasteiger partial charge is 0.164 e. The molecule has 220 valence electrons. The van der Waals surface area contributed by atoms with E-state index in [0.29, 0.717) is 0 Å². The van der Waals surface area contributed by atoms with Gasteiger partial charge in [0.1, 0.15) is 11.2 Å². The van der Waals surface area contributed by atoms with Crippen LogP contribution in [0.5, 0.6) is 0 Å². The molecule has 9 rings (SSSR count). The van der Waals surface area contributed by atoms with E-state index in [2.05, 4.69) is 15.0 Å². The summed E-state index contributed by atoms with van der Waals surface area (Å²) in [7, 11) is 0. The van der Waals surface area contributed by atoms with Gasteiger partial charge in [-0.25, -0.2) is 15.0 Å². The van der Waals surface area contributed by atoms with Crippen molar-refractivity contribution in [3.8, 4) is 56.4 Å². The predicted molar refractivity (Wildman–Crippen MR) is 192 cm³/mol. The summed E-state index contributed by atoms with van der Waals surface area (Å²) < 4.78 is 242. The zero-order valence-electron chi connectivity index (χ0n) is 50.2. The van der Waals surface area contributed by atoms with E-state index in [1.54, 1.807) is 0 Å². The summed E-state index contributed by atoms with van der Waals surface area (Å²) in [5, 5.41) is -2.26. The molecule has 0 aliphatic rings. The van der Waals surface area contributed by atoms with Crippen molar-refractivity contribution in [3.63, 3.8) is 0 Å². The lowest BCUT2D eigenvalue weighted by Gasteiger charge is -2.12. The van der Waals surface area contributed by atoms with Crippen molar-refractivity contribution in [2.45, 2.75) is 0 Å². The first-order valence-corrected chi connectivity index (χ1v) is 13.5. The van der Waals surface area contributed by atoms with E-state index in [1.807, 2.05) is 0 Å². The minimum atomic E-state index is -1.04. The van der Waals surface area contributed by atoms with Crippen LogP contribution in [0.25, 0.3) is 89.1 Å². The van der Waals surface area contributed by atoms with Crippen molar-refractivity contribution >= 4 is 32.7 Å². The van der Waals surface area contributed by atoms with Gasteiger partial charge in [0.05, 0.1) is 37.0 Å². The largest absolute Gasteiger partial charge is 0.456 e. The summed E-state index contributed by atoms with van der Waals surface area (Å²) >= 11 is 0. The average Bonchev–Trinajstić information content (AvgIpc) is 3.77. The molecule has 0 unspecified atom stereocenters. The lowest BCUT2D eigenvalue weighted by molar-refractivity contribution is 0.669. The third-order valence-corrected chi connectivity index (χ3v) is 6.75. The van der Waals surface area contributed by atoms with E-state index in [1.165, 1.54) is 0 Å². The molecule has 0 saturated heterocycles. The van der Waals surface area contributed by atoms with E-state index in [0.717, 1.165) is 0 Å². The minimum absolute atomic E-state index is 0.529. The second kappa shape index (κ2) is 11.2. The van der Waals surface area contributed by atoms with Gasteiger partial charge in [-0.05, 0) is 57.2 Å². The van der Waals surface area contributed by atoms with Gasteiger partial charge >= 0.3 is 0 Å². The summed E-state index contributed by atoms with van der Waals surface area (Å²) in [6.45, 7) is 0. The lowest BCUT2D eigenvalue weighted by Crippen LogP contribution is -2.00. The number of fused-ring (bicyclic) bond motifs is 4. The van der Waals surface area contributed by atoms with Gasteiger partial charge in [-0.2, -0.15) is 0 Å². The van der Waals surface area contributed by atoms with Crippen molar-refractivity contribution in [3.05, 3.63) is 163 Å². The quantitative estimate of drug-likeness (QED) is 0.190. The molecule has 2 heterocycles. The van der Waals surface area contributed by atoms with Crippen LogP contribution >= 0.6 is 0 Å². The molecule has 0 bridgehead atoms. The maximum absolute atomic E-state index is 9.91. The minimum Gasteiger partial charge on any atom is -0.456 e. The molecule has 4 heteroatoms. The molecule has 0 aliphatic carbocycles. The van der Waals surface area contributed by atoms with Gasteiger partial charge in [0.25, 0.3) is 0 Å². The SMILES string of the molecule is [2H]c1c([2H])c([2H])c(-c2nc(-c3c([2H])c([2H])c(-c4c([2H])c([2H])c([2H])c([2H])c4[2H])c([2H])c3[2H])nc(-c3c([2H])c(-c4c([2H])c([2H])c5c([2H])c([2H])c([2H])c([2H])c5c4[2H])c([2H])c4oc5c([2H])c([2H])c([2H])c([2H])c5c34)n2)c([2H])c1[2H]. The highest BCUT2D eigenvalue weighted by atomic mass is 16.3. The Balaban J connectivity index is 1.52. The van der Waals surface area contributed by atoms with Crippen LogP contribution in [-0.4, -0.2) is 15.0 Å². The molecule has 0 spiro atoms. The lowest BCUT2D eigenvalue weighted by atomic mass is 9.96. The third kappa shape index (κ3) is 4.93. The molecule has 0 atom stereocenters. The number of rotatable bonds is 5. The molecule has 0 radical (unpaired) electrons. The normalized spacial score (nSPS) is 19.4. The van der Waals surface area contributed by atoms with Crippen LogP contribution in [0, 0.1) is 0 Å². The Kier molecular flexibility index (Phi) is 2.66. The Morgan fingerprint density at radius 2 is 0.936 bits per heavy atom. The Morgan fingerprint density at radius 3 is 1.70 bits per heavy atom. The van der Waals surface area contributed by atoms with Gasteiger partial charge in [-0.15, -0.1) is 0 Å². The van der Waals surface area contributed by atoms with Gasteiger partial charge < -0.3 is 4.42 Å². The molecular weight excluding hydrogens is 574 g/mol. The maximum Gasteiger partial charge on any atom is 0.164 e. The van der Waals surface area contributed by atoms with Gasteiger partial charge in [0, 0.05) is 27.5 Å². The van der Waals surface area contributed by atoms with Crippen LogP contribution < -0.4 is 0 Å². The van der Waals surface area contributed by atoms with Gasteiger partial charge in [0.15, 0.2) is 17.5 Å². The highest BCUT2D eigenvalue weighted by molar-refractivity contribution is 6.13. The molecule has 0 N–H and O–H groups in total. The fourth-order valence-electron chi connectivity index (χ4n) is 4.68. The van der Waals surface area contributed by atoms with E-state index in [-0.39, 0.29) is 0 Å². The van der Waals surface area contributed by atoms with Crippen molar-refractivity contribution in [2.75, 3.05) is 0 Å². The van der Waals surface area contributed by atoms with Crippen LogP contribution in [0.15, 0.2) is 168 Å². The number of hydrogen-bond donors (Lipinski definition) is 0. The monoisotopic (exact) mass is 628 g/mol. The first-order valence-electron chi connectivity index (χ1n) is 27.0. The number of nitrogens with zero attached hydrogens (tertiary/aromatic N) is 3. The van der Waals surface area contributed by atoms with Crippen LogP contribution in [0.2, 0.25) is 0 Å². The Morgan fingerprint density at radius 1 is 0.383 bits per heavy atom. The van der Waals surface area contributed by atoms with Crippen molar-refractivity contribution < 1.29 is 41.4 Å². The van der Waals surface area contributed by atoms with Crippen LogP contribution in [0.1, 0.15) is 37.0 Å². The van der Waals surface area contributed by atoms with Gasteiger partial charge in [0.2, 0.25) is 0 Å². The maximum atomic E-state index is 9.91. The molecule has 47 heavy (non-hydrogen) atoms. The van der Waals surface area contributed by atoms with E-state index < -0.39 is 252 Å². The Bertz CT molecular complexity index is 4030. The number of hydrogen-bond acceptors (Lipinski definition) is 4. The summed E-state index contributed by atoms with van der Waals surface area (Å²) in [6.07, 6.45) is 0. The van der Waals surface area contributed by atoms with Crippen LogP contribution in [-0.2, 0) is 0 Å². The van der Waals surface area contributed by atoms with Crippen molar-refractivity contribution in [1.82, 2.24) is 15.0 Å². The van der Waals surface area contributed by atoms with Gasteiger partial charge in [-0.1, -0.05) is 139 Å². The molecule has 0 aliphatic heterocycles. The van der Waals surface area contributed by atoms with Crippen molar-refractivity contribution in [2.24, 2.45) is 0 Å². The topological polar surface area (TPSA) is 51.8 Å². The summed E-state index contributed by atoms with van der Waals surface area (Å²) in [4.78, 5) is 13.1. The van der Waals surface area contributed by atoms with Gasteiger partial charge in [-0.3, -0.25) is 0 Å². The first-order chi connectivity index (χ1) is 34.5. The second-order valence-corrected chi connectivity index (χ2v) is 9.57. The molecule has 0 amide bonds. The average molecular weight is 629 g/mol. The predicted octanol–water partition coefficient (Wildman–Crippen LogP) is 11.3. The number of aromatic nitrogens is 3. The molecular formula is C43H27N3O. The number of benzene rings is 7. The van der Waals surface area contributed by atoms with E-state index in [9.17, 15) is 6.85 Å². The van der Waals surface area contributed by atoms with Crippen LogP contribution in [0.3, 0.4) is 0 Å². The molecule has 0 saturated carbocycles. The highest BCUT2D eigenvalue weighted by Crippen LogP contribution is 2.40. The summed E-state index contributed by atoms with van der Waals surface area (Å²) in [5.41, 5.74) is -6.81. The summed E-state index contributed by atoms with van der Waals surface area (Å²) in [5.74, 6) is -2.70. The Hall–Kier alpha value is -6.39. The molecule has 4 nitrogen and oxygen atoms in total. The fraction of sp³-hybridized carbons (Fsp3) is 0.